The topological polar surface area (TPSA) is 145 Å². The molecule has 1 saturated carbocycles. The molecule has 7 N–H and O–H groups in total. The van der Waals surface area contributed by atoms with E-state index in [4.69, 9.17) is 10.5 Å². The molecular weight excluding hydrogens is 444 g/mol. The number of benzene rings is 1. The van der Waals surface area contributed by atoms with Crippen molar-refractivity contribution in [2.24, 2.45) is 23.0 Å². The number of thioether (sulfide) groups is 1. The van der Waals surface area contributed by atoms with E-state index in [0.717, 1.165) is 18.4 Å². The Balaban J connectivity index is 1.48. The van der Waals surface area contributed by atoms with Crippen molar-refractivity contribution < 1.29 is 30.0 Å². The lowest BCUT2D eigenvalue weighted by Gasteiger charge is -2.49. The highest BCUT2D eigenvalue weighted by Crippen LogP contribution is 2.56. The molecule has 1 aromatic carbocycles. The summed E-state index contributed by atoms with van der Waals surface area (Å²) in [6, 6.07) is 8.55. The summed E-state index contributed by atoms with van der Waals surface area (Å²) in [5.74, 6) is -2.72. The van der Waals surface area contributed by atoms with Gasteiger partial charge >= 0.3 is 0 Å². The highest BCUT2D eigenvalue weighted by Gasteiger charge is 2.70. The van der Waals surface area contributed by atoms with Crippen molar-refractivity contribution in [3.05, 3.63) is 35.9 Å². The molecule has 7 unspecified atom stereocenters. The Morgan fingerprint density at radius 2 is 1.85 bits per heavy atom. The second-order valence-corrected chi connectivity index (χ2v) is 12.0. The van der Waals surface area contributed by atoms with Crippen molar-refractivity contribution >= 4 is 17.7 Å². The number of nitrogens with two attached hydrogens (primary N) is 1. The average molecular weight is 483 g/mol. The molecule has 1 amide bonds. The van der Waals surface area contributed by atoms with Gasteiger partial charge in [-0.3, -0.25) is 4.79 Å². The molecule has 2 aliphatic rings. The van der Waals surface area contributed by atoms with E-state index < -0.39 is 53.5 Å². The van der Waals surface area contributed by atoms with E-state index in [-0.39, 0.29) is 11.3 Å². The number of hydrogen-bond acceptors (Lipinski definition) is 8. The third-order valence-electron chi connectivity index (χ3n) is 6.82. The normalized spacial score (nSPS) is 32.7. The van der Waals surface area contributed by atoms with Gasteiger partial charge in [0, 0.05) is 5.54 Å². The first kappa shape index (κ1) is 26.4. The lowest BCUT2D eigenvalue weighted by atomic mass is 9.78. The van der Waals surface area contributed by atoms with Gasteiger partial charge in [-0.25, -0.2) is 0 Å². The second kappa shape index (κ2) is 9.81. The van der Waals surface area contributed by atoms with Crippen LogP contribution in [0.2, 0.25) is 0 Å². The minimum atomic E-state index is -1.68. The first-order valence-electron chi connectivity index (χ1n) is 11.4. The Hall–Kier alpha value is -1.20. The Kier molecular flexibility index (Phi) is 7.85. The van der Waals surface area contributed by atoms with Gasteiger partial charge in [-0.15, -0.1) is 11.8 Å². The van der Waals surface area contributed by atoms with Gasteiger partial charge in [-0.2, -0.15) is 0 Å². The van der Waals surface area contributed by atoms with Crippen LogP contribution >= 0.6 is 11.8 Å². The van der Waals surface area contributed by atoms with E-state index in [1.807, 2.05) is 44.2 Å². The zero-order valence-corrected chi connectivity index (χ0v) is 20.6. The van der Waals surface area contributed by atoms with Crippen LogP contribution < -0.4 is 11.1 Å². The summed E-state index contributed by atoms with van der Waals surface area (Å²) in [6.07, 6.45) is -0.803. The predicted octanol–water partition coefficient (Wildman–Crippen LogP) is 1.13. The molecule has 33 heavy (non-hydrogen) atoms. The van der Waals surface area contributed by atoms with Crippen molar-refractivity contribution in [1.29, 1.82) is 0 Å². The summed E-state index contributed by atoms with van der Waals surface area (Å²) in [4.78, 5) is 12.7. The van der Waals surface area contributed by atoms with E-state index in [2.05, 4.69) is 19.2 Å². The largest absolute Gasteiger partial charge is 0.396 e. The maximum absolute atomic E-state index is 12.7. The molecular formula is C24H38N2O6S. The number of aliphatic hydroxyl groups is 4. The molecule has 8 nitrogen and oxygen atoms in total. The van der Waals surface area contributed by atoms with Gasteiger partial charge in [0.1, 0.15) is 11.5 Å². The second-order valence-electron chi connectivity index (χ2n) is 10.8. The number of ether oxygens (including phenoxy) is 1. The van der Waals surface area contributed by atoms with Crippen LogP contribution in [0.3, 0.4) is 0 Å². The number of carbonyl (C=O) groups is 1. The van der Waals surface area contributed by atoms with Crippen LogP contribution in [0.1, 0.15) is 52.1 Å². The monoisotopic (exact) mass is 482 g/mol. The van der Waals surface area contributed by atoms with Crippen LogP contribution in [-0.2, 0) is 9.53 Å². The molecule has 0 aromatic heterocycles. The van der Waals surface area contributed by atoms with E-state index >= 15 is 0 Å². The molecule has 1 aliphatic heterocycles. The van der Waals surface area contributed by atoms with Crippen LogP contribution in [0.4, 0.5) is 0 Å². The molecule has 1 heterocycles. The number of aliphatic hydroxyl groups excluding tert-OH is 3. The van der Waals surface area contributed by atoms with E-state index in [1.165, 1.54) is 11.8 Å². The third kappa shape index (κ3) is 5.56. The lowest BCUT2D eigenvalue weighted by molar-refractivity contribution is -0.355. The van der Waals surface area contributed by atoms with Crippen molar-refractivity contribution in [2.45, 2.75) is 75.5 Å². The van der Waals surface area contributed by atoms with E-state index in [1.54, 1.807) is 0 Å². The van der Waals surface area contributed by atoms with Crippen molar-refractivity contribution in [3.8, 4) is 0 Å². The predicted molar refractivity (Wildman–Crippen MR) is 127 cm³/mol. The molecule has 186 valence electrons. The molecule has 2 fully saturated rings. The van der Waals surface area contributed by atoms with Crippen molar-refractivity contribution in [1.82, 2.24) is 5.32 Å². The molecule has 1 saturated heterocycles. The van der Waals surface area contributed by atoms with Crippen LogP contribution in [0.15, 0.2) is 30.3 Å². The number of nitrogens with one attached hydrogen (secondary N) is 1. The molecule has 9 heteroatoms. The SMILES string of the molecule is CC(C)(CCSC1OC2(O)C(CO)C(O)C(O)C12)CC(C)(C)NC(=O)C(N)c1ccccc1. The van der Waals surface area contributed by atoms with E-state index in [9.17, 15) is 25.2 Å². The Morgan fingerprint density at radius 3 is 2.45 bits per heavy atom. The Labute approximate surface area is 199 Å². The number of hydrogen-bond donors (Lipinski definition) is 6. The average Bonchev–Trinajstić information content (AvgIpc) is 2.85. The Morgan fingerprint density at radius 1 is 1.21 bits per heavy atom. The summed E-state index contributed by atoms with van der Waals surface area (Å²) in [7, 11) is 0. The number of rotatable bonds is 10. The molecule has 1 aromatic rings. The van der Waals surface area contributed by atoms with Crippen molar-refractivity contribution in [3.63, 3.8) is 0 Å². The van der Waals surface area contributed by atoms with Crippen LogP contribution in [0, 0.1) is 17.3 Å². The Bertz CT molecular complexity index is 822. The van der Waals surface area contributed by atoms with Gasteiger partial charge in [0.15, 0.2) is 5.79 Å². The summed E-state index contributed by atoms with van der Waals surface area (Å²) in [5, 5.41) is 43.4. The number of amides is 1. The van der Waals surface area contributed by atoms with Gasteiger partial charge in [-0.05, 0) is 43.4 Å². The summed E-state index contributed by atoms with van der Waals surface area (Å²) in [5.41, 5.74) is 5.89. The van der Waals surface area contributed by atoms with Crippen molar-refractivity contribution in [2.75, 3.05) is 12.4 Å². The molecule has 0 radical (unpaired) electrons. The smallest absolute Gasteiger partial charge is 0.241 e. The zero-order valence-electron chi connectivity index (χ0n) is 19.8. The fourth-order valence-electron chi connectivity index (χ4n) is 5.28. The van der Waals surface area contributed by atoms with Gasteiger partial charge < -0.3 is 36.2 Å². The fourth-order valence-corrected chi connectivity index (χ4v) is 6.96. The fraction of sp³-hybridized carbons (Fsp3) is 0.708. The molecule has 3 rings (SSSR count). The first-order chi connectivity index (χ1) is 15.3. The highest BCUT2D eigenvalue weighted by atomic mass is 32.2. The zero-order chi connectivity index (χ0) is 24.6. The van der Waals surface area contributed by atoms with Gasteiger partial charge in [-0.1, -0.05) is 44.2 Å². The van der Waals surface area contributed by atoms with E-state index in [0.29, 0.717) is 5.75 Å². The van der Waals surface area contributed by atoms with Gasteiger partial charge in [0.25, 0.3) is 0 Å². The van der Waals surface area contributed by atoms with Crippen LogP contribution in [0.25, 0.3) is 0 Å². The molecule has 0 spiro atoms. The molecule has 0 bridgehead atoms. The van der Waals surface area contributed by atoms with Gasteiger partial charge in [0.05, 0.1) is 30.7 Å². The minimum Gasteiger partial charge on any atom is -0.396 e. The van der Waals surface area contributed by atoms with Crippen LogP contribution in [-0.4, -0.2) is 67.7 Å². The quantitative estimate of drug-likeness (QED) is 0.291. The number of carbonyl (C=O) groups excluding carboxylic acids is 1. The molecule has 1 aliphatic carbocycles. The summed E-state index contributed by atoms with van der Waals surface area (Å²) >= 11 is 1.48. The summed E-state index contributed by atoms with van der Waals surface area (Å²) in [6.45, 7) is 7.78. The third-order valence-corrected chi connectivity index (χ3v) is 7.98. The summed E-state index contributed by atoms with van der Waals surface area (Å²) < 4.78 is 5.60. The maximum Gasteiger partial charge on any atom is 0.241 e. The van der Waals surface area contributed by atoms with Gasteiger partial charge in [0.2, 0.25) is 5.91 Å². The lowest BCUT2D eigenvalue weighted by Crippen LogP contribution is -2.61. The molecule has 7 atom stereocenters. The number of fused-ring (bicyclic) bond motifs is 1. The highest BCUT2D eigenvalue weighted by molar-refractivity contribution is 7.99. The first-order valence-corrected chi connectivity index (χ1v) is 12.5. The minimum absolute atomic E-state index is 0.109. The van der Waals surface area contributed by atoms with Crippen LogP contribution in [0.5, 0.6) is 0 Å². The maximum atomic E-state index is 12.7. The standard InChI is InChI=1S/C24H38N2O6S/c1-22(2,13-23(3,4)26-20(30)17(25)14-8-6-5-7-9-14)10-11-33-21-16-19(29)18(28)15(12-27)24(16,31)32-21/h5-9,15-19,21,27-29,31H,10-13,25H2,1-4H3,(H,26,30).